The Kier molecular flexibility index (Phi) is 3.73. The summed E-state index contributed by atoms with van der Waals surface area (Å²) in [6, 6.07) is 0. The van der Waals surface area contributed by atoms with Gasteiger partial charge in [-0.15, -0.1) is 0 Å². The molecule has 0 saturated carbocycles. The van der Waals surface area contributed by atoms with Crippen molar-refractivity contribution in [2.75, 3.05) is 12.3 Å². The number of hydrogen-bond donors (Lipinski definition) is 2. The van der Waals surface area contributed by atoms with Crippen LogP contribution in [0.3, 0.4) is 0 Å². The quantitative estimate of drug-likeness (QED) is 0.445. The van der Waals surface area contributed by atoms with Gasteiger partial charge in [-0.3, -0.25) is 0 Å². The third-order valence-corrected chi connectivity index (χ3v) is 7.19. The van der Waals surface area contributed by atoms with E-state index in [0.717, 1.165) is 12.3 Å². The molecule has 0 radical (unpaired) electrons. The molecule has 0 amide bonds. The molecule has 0 bridgehead atoms. The fraction of sp³-hybridized carbons (Fsp3) is 1.00. The van der Waals surface area contributed by atoms with Crippen LogP contribution < -0.4 is 0 Å². The monoisotopic (exact) mass is 156 g/mol. The molecular formula is C4H13PS2. The van der Waals surface area contributed by atoms with Crippen LogP contribution in [0.1, 0.15) is 13.8 Å². The maximum absolute atomic E-state index is 4.39. The van der Waals surface area contributed by atoms with Gasteiger partial charge in [0.2, 0.25) is 0 Å². The van der Waals surface area contributed by atoms with Crippen molar-refractivity contribution < 1.29 is 0 Å². The average Bonchev–Trinajstić information content (AvgIpc) is 1.68. The second-order valence-corrected chi connectivity index (χ2v) is 11.3. The third-order valence-electron chi connectivity index (χ3n) is 1.13. The van der Waals surface area contributed by atoms with E-state index >= 15 is 0 Å². The normalized spacial score (nSPS) is 14.3. The molecule has 0 spiro atoms. The van der Waals surface area contributed by atoms with Gasteiger partial charge in [-0.25, -0.2) is 0 Å². The van der Waals surface area contributed by atoms with Crippen LogP contribution in [0.5, 0.6) is 0 Å². The van der Waals surface area contributed by atoms with Crippen LogP contribution in [0.4, 0.5) is 0 Å². The van der Waals surface area contributed by atoms with E-state index in [0.29, 0.717) is 0 Å². The number of hydrogen-bond acceptors (Lipinski definition) is 2. The van der Waals surface area contributed by atoms with Gasteiger partial charge in [0, 0.05) is 0 Å². The van der Waals surface area contributed by atoms with E-state index < -0.39 is 5.67 Å². The van der Waals surface area contributed by atoms with Crippen molar-refractivity contribution in [2.24, 2.45) is 0 Å². The van der Waals surface area contributed by atoms with Crippen LogP contribution in [-0.2, 0) is 0 Å². The van der Waals surface area contributed by atoms with Crippen LogP contribution in [0.2, 0.25) is 0 Å². The van der Waals surface area contributed by atoms with E-state index in [9.17, 15) is 0 Å². The number of rotatable bonds is 2. The summed E-state index contributed by atoms with van der Waals surface area (Å²) in [6.45, 7) is 4.30. The Hall–Kier alpha value is 1.13. The molecule has 0 unspecified atom stereocenters. The summed E-state index contributed by atoms with van der Waals surface area (Å²) in [6.07, 6.45) is 2.32. The summed E-state index contributed by atoms with van der Waals surface area (Å²) in [5.41, 5.74) is -1.26. The minimum absolute atomic E-state index is 1.16. The van der Waals surface area contributed by atoms with Crippen molar-refractivity contribution in [1.82, 2.24) is 0 Å². The molecule has 0 heterocycles. The predicted molar refractivity (Wildman–Crippen MR) is 47.4 cm³/mol. The fourth-order valence-corrected chi connectivity index (χ4v) is 0.750. The van der Waals surface area contributed by atoms with Gasteiger partial charge in [0.25, 0.3) is 0 Å². The Labute approximate surface area is 56.7 Å². The molecule has 0 rings (SSSR count). The molecule has 7 heavy (non-hydrogen) atoms. The van der Waals surface area contributed by atoms with Crippen LogP contribution in [0.15, 0.2) is 0 Å². The first-order chi connectivity index (χ1) is 3.12. The molecule has 0 fully saturated rings. The van der Waals surface area contributed by atoms with Crippen molar-refractivity contribution in [3.63, 3.8) is 0 Å². The molecule has 46 valence electrons. The van der Waals surface area contributed by atoms with Gasteiger partial charge < -0.3 is 0 Å². The molecule has 0 N–H and O–H groups in total. The van der Waals surface area contributed by atoms with Gasteiger partial charge in [0.1, 0.15) is 0 Å². The summed E-state index contributed by atoms with van der Waals surface area (Å²) in [5.74, 6) is 0. The molecule has 0 atom stereocenters. The van der Waals surface area contributed by atoms with E-state index in [1.807, 2.05) is 0 Å². The molecule has 0 aromatic carbocycles. The zero-order valence-corrected chi connectivity index (χ0v) is 7.60. The molecule has 0 saturated heterocycles. The Balaban J connectivity index is 3.36. The first-order valence-corrected chi connectivity index (χ1v) is 7.56. The van der Waals surface area contributed by atoms with Crippen LogP contribution in [-0.4, -0.2) is 12.3 Å². The van der Waals surface area contributed by atoms with Crippen LogP contribution >= 0.6 is 30.2 Å². The van der Waals surface area contributed by atoms with Gasteiger partial charge in [-0.2, -0.15) is 0 Å². The minimum atomic E-state index is -1.26. The van der Waals surface area contributed by atoms with Gasteiger partial charge >= 0.3 is 56.3 Å². The molecule has 0 aromatic heterocycles. The van der Waals surface area contributed by atoms with Gasteiger partial charge in [-0.05, 0) is 0 Å². The fourth-order valence-electron chi connectivity index (χ4n) is 0.250. The molecule has 0 aliphatic carbocycles. The topological polar surface area (TPSA) is 0 Å². The van der Waals surface area contributed by atoms with E-state index in [1.165, 1.54) is 0 Å². The average molecular weight is 156 g/mol. The standard InChI is InChI=1S/C4H13PS2/c1-3-5(6,7)4-2/h5-7H,3-4H2,1-2H3. The Morgan fingerprint density at radius 3 is 1.43 bits per heavy atom. The number of thiol groups is 2. The summed E-state index contributed by atoms with van der Waals surface area (Å²) in [4.78, 5) is 0. The molecule has 3 heteroatoms. The van der Waals surface area contributed by atoms with Crippen LogP contribution in [0, 0.1) is 0 Å². The van der Waals surface area contributed by atoms with Gasteiger partial charge in [0.05, 0.1) is 0 Å². The summed E-state index contributed by atoms with van der Waals surface area (Å²) in [5, 5.41) is 0. The van der Waals surface area contributed by atoms with Crippen LogP contribution in [0.25, 0.3) is 0 Å². The summed E-state index contributed by atoms with van der Waals surface area (Å²) >= 11 is 8.78. The van der Waals surface area contributed by atoms with Crippen molar-refractivity contribution in [2.45, 2.75) is 13.8 Å². The second-order valence-electron chi connectivity index (χ2n) is 1.69. The van der Waals surface area contributed by atoms with E-state index in [2.05, 4.69) is 38.3 Å². The van der Waals surface area contributed by atoms with Gasteiger partial charge in [-0.1, -0.05) is 0 Å². The Bertz CT molecular complexity index is 47.7. The van der Waals surface area contributed by atoms with Crippen molar-refractivity contribution in [3.05, 3.63) is 0 Å². The molecule has 0 aliphatic rings. The second kappa shape index (κ2) is 3.21. The van der Waals surface area contributed by atoms with E-state index in [4.69, 9.17) is 0 Å². The maximum atomic E-state index is 4.39. The zero-order valence-electron chi connectivity index (χ0n) is 4.81. The van der Waals surface area contributed by atoms with Gasteiger partial charge in [0.15, 0.2) is 0 Å². The van der Waals surface area contributed by atoms with E-state index in [-0.39, 0.29) is 0 Å². The van der Waals surface area contributed by atoms with Crippen molar-refractivity contribution in [1.29, 1.82) is 0 Å². The summed E-state index contributed by atoms with van der Waals surface area (Å²) < 4.78 is 0. The first-order valence-electron chi connectivity index (χ1n) is 2.57. The van der Waals surface area contributed by atoms with E-state index in [1.54, 1.807) is 0 Å². The SMILES string of the molecule is CC[PH](S)(S)CC. The Morgan fingerprint density at radius 1 is 1.14 bits per heavy atom. The first kappa shape index (κ1) is 8.13. The predicted octanol–water partition coefficient (Wildman–Crippen LogP) is 2.47. The van der Waals surface area contributed by atoms with Crippen molar-refractivity contribution in [3.8, 4) is 0 Å². The molecular weight excluding hydrogens is 143 g/mol. The zero-order chi connectivity index (χ0) is 5.91. The molecule has 0 aromatic rings. The Morgan fingerprint density at radius 2 is 1.43 bits per heavy atom. The molecule has 0 aliphatic heterocycles. The molecule has 0 nitrogen and oxygen atoms in total. The van der Waals surface area contributed by atoms with Crippen molar-refractivity contribution >= 4 is 30.2 Å². The third kappa shape index (κ3) is 3.69. The summed E-state index contributed by atoms with van der Waals surface area (Å²) in [7, 11) is 0.